The van der Waals surface area contributed by atoms with E-state index in [9.17, 15) is 8.42 Å². The second kappa shape index (κ2) is 10.1. The summed E-state index contributed by atoms with van der Waals surface area (Å²) in [7, 11) is -2.96. The summed E-state index contributed by atoms with van der Waals surface area (Å²) in [6.07, 6.45) is 3.51. The molecule has 24 heavy (non-hydrogen) atoms. The molecule has 0 bridgehead atoms. The normalized spacial score (nSPS) is 24.4. The Labute approximate surface area is 162 Å². The molecule has 2 fully saturated rings. The summed E-state index contributed by atoms with van der Waals surface area (Å²) < 4.78 is 32.9. The maximum absolute atomic E-state index is 11.0. The van der Waals surface area contributed by atoms with Gasteiger partial charge in [-0.3, -0.25) is 4.99 Å². The molecule has 7 nitrogen and oxygen atoms in total. The van der Waals surface area contributed by atoms with E-state index in [-0.39, 0.29) is 36.3 Å². The standard InChI is InChI=1S/C15H29N3O4S.HI/c1-3-16-14(17-6-9-21-10-11-23(2,19)20)18-7-4-15(12-18)5-8-22-13-15;/h3-13H2,1-2H3,(H,16,17);1H. The van der Waals surface area contributed by atoms with Gasteiger partial charge in [0.25, 0.3) is 0 Å². The van der Waals surface area contributed by atoms with Crippen LogP contribution < -0.4 is 5.32 Å². The molecular weight excluding hydrogens is 445 g/mol. The molecular formula is C15H30IN3O4S. The number of ether oxygens (including phenoxy) is 2. The minimum absolute atomic E-state index is 0. The van der Waals surface area contributed by atoms with Gasteiger partial charge in [0, 0.05) is 37.9 Å². The molecule has 1 N–H and O–H groups in total. The molecule has 2 rings (SSSR count). The van der Waals surface area contributed by atoms with Crippen LogP contribution in [-0.2, 0) is 19.3 Å². The van der Waals surface area contributed by atoms with Crippen molar-refractivity contribution in [2.75, 3.05) is 64.6 Å². The molecule has 0 aromatic carbocycles. The van der Waals surface area contributed by atoms with Crippen LogP contribution in [0.5, 0.6) is 0 Å². The van der Waals surface area contributed by atoms with Crippen LogP contribution in [0.25, 0.3) is 0 Å². The maximum Gasteiger partial charge on any atom is 0.194 e. The molecule has 0 aromatic heterocycles. The SMILES string of the molecule is CCNC(=NCCOCCS(C)(=O)=O)N1CCC2(CCOC2)C1.I. The molecule has 1 unspecified atom stereocenters. The van der Waals surface area contributed by atoms with Crippen molar-refractivity contribution >= 4 is 39.8 Å². The number of hydrogen-bond donors (Lipinski definition) is 1. The lowest BCUT2D eigenvalue weighted by molar-refractivity contribution is 0.155. The van der Waals surface area contributed by atoms with E-state index in [4.69, 9.17) is 9.47 Å². The average molecular weight is 475 g/mol. The lowest BCUT2D eigenvalue weighted by Gasteiger charge is -2.24. The van der Waals surface area contributed by atoms with Crippen molar-refractivity contribution in [3.63, 3.8) is 0 Å². The zero-order chi connectivity index (χ0) is 16.8. The van der Waals surface area contributed by atoms with E-state index in [1.165, 1.54) is 6.26 Å². The predicted molar refractivity (Wildman–Crippen MR) is 106 cm³/mol. The van der Waals surface area contributed by atoms with Crippen molar-refractivity contribution in [1.29, 1.82) is 0 Å². The van der Waals surface area contributed by atoms with Crippen LogP contribution >= 0.6 is 24.0 Å². The number of guanidine groups is 1. The zero-order valence-electron chi connectivity index (χ0n) is 14.6. The van der Waals surface area contributed by atoms with E-state index in [0.717, 1.165) is 51.6 Å². The number of halogens is 1. The fraction of sp³-hybridized carbons (Fsp3) is 0.933. The van der Waals surface area contributed by atoms with Gasteiger partial charge in [-0.05, 0) is 19.8 Å². The Hall–Kier alpha value is -0.130. The summed E-state index contributed by atoms with van der Waals surface area (Å²) in [5, 5.41) is 3.33. The third-order valence-corrected chi connectivity index (χ3v) is 5.26. The number of likely N-dealkylation sites (tertiary alicyclic amines) is 1. The van der Waals surface area contributed by atoms with E-state index < -0.39 is 9.84 Å². The minimum atomic E-state index is -2.96. The van der Waals surface area contributed by atoms with Crippen molar-refractivity contribution in [3.05, 3.63) is 0 Å². The van der Waals surface area contributed by atoms with Gasteiger partial charge in [0.15, 0.2) is 5.96 Å². The average Bonchev–Trinajstić information content (AvgIpc) is 3.11. The van der Waals surface area contributed by atoms with E-state index in [0.29, 0.717) is 18.6 Å². The van der Waals surface area contributed by atoms with Gasteiger partial charge in [-0.15, -0.1) is 24.0 Å². The third-order valence-electron chi connectivity index (χ3n) is 4.35. The van der Waals surface area contributed by atoms with Crippen LogP contribution in [0.15, 0.2) is 4.99 Å². The predicted octanol–water partition coefficient (Wildman–Crippen LogP) is 0.744. The van der Waals surface area contributed by atoms with Crippen molar-refractivity contribution < 1.29 is 17.9 Å². The summed E-state index contributed by atoms with van der Waals surface area (Å²) in [4.78, 5) is 6.90. The fourth-order valence-electron chi connectivity index (χ4n) is 3.04. The molecule has 2 saturated heterocycles. The van der Waals surface area contributed by atoms with Crippen molar-refractivity contribution in [2.45, 2.75) is 19.8 Å². The maximum atomic E-state index is 11.0. The number of hydrogen-bond acceptors (Lipinski definition) is 5. The summed E-state index contributed by atoms with van der Waals surface area (Å²) in [5.74, 6) is 0.980. The van der Waals surface area contributed by atoms with Gasteiger partial charge in [-0.1, -0.05) is 0 Å². The highest BCUT2D eigenvalue weighted by Gasteiger charge is 2.42. The van der Waals surface area contributed by atoms with E-state index in [2.05, 4.69) is 22.1 Å². The van der Waals surface area contributed by atoms with Gasteiger partial charge in [0.1, 0.15) is 9.84 Å². The molecule has 0 radical (unpaired) electrons. The highest BCUT2D eigenvalue weighted by molar-refractivity contribution is 14.0. The molecule has 0 aliphatic carbocycles. The van der Waals surface area contributed by atoms with Crippen LogP contribution in [0.2, 0.25) is 0 Å². The Morgan fingerprint density at radius 3 is 2.79 bits per heavy atom. The van der Waals surface area contributed by atoms with Crippen LogP contribution in [0.4, 0.5) is 0 Å². The molecule has 142 valence electrons. The first-order chi connectivity index (χ1) is 10.9. The van der Waals surface area contributed by atoms with Crippen LogP contribution in [0.1, 0.15) is 19.8 Å². The van der Waals surface area contributed by atoms with Gasteiger partial charge in [-0.2, -0.15) is 0 Å². The van der Waals surface area contributed by atoms with Gasteiger partial charge in [-0.25, -0.2) is 8.42 Å². The third kappa shape index (κ3) is 7.01. The first-order valence-corrected chi connectivity index (χ1v) is 10.4. The Bertz CT molecular complexity index is 507. The first-order valence-electron chi connectivity index (χ1n) is 8.31. The first kappa shape index (κ1) is 21.9. The second-order valence-corrected chi connectivity index (χ2v) is 8.71. The van der Waals surface area contributed by atoms with Crippen LogP contribution in [-0.4, -0.2) is 83.9 Å². The molecule has 1 atom stereocenters. The van der Waals surface area contributed by atoms with Gasteiger partial charge in [0.05, 0.1) is 32.1 Å². The molecule has 9 heteroatoms. The van der Waals surface area contributed by atoms with Crippen molar-refractivity contribution in [2.24, 2.45) is 10.4 Å². The van der Waals surface area contributed by atoms with E-state index in [1.54, 1.807) is 0 Å². The highest BCUT2D eigenvalue weighted by atomic mass is 127. The number of nitrogens with one attached hydrogen (secondary N) is 1. The molecule has 2 aliphatic heterocycles. The van der Waals surface area contributed by atoms with Gasteiger partial charge < -0.3 is 19.7 Å². The summed E-state index contributed by atoms with van der Waals surface area (Å²) >= 11 is 0. The number of nitrogens with zero attached hydrogens (tertiary/aromatic N) is 2. The van der Waals surface area contributed by atoms with E-state index in [1.807, 2.05) is 0 Å². The molecule has 2 heterocycles. The molecule has 0 aromatic rings. The number of rotatable bonds is 7. The molecule has 1 spiro atoms. The van der Waals surface area contributed by atoms with Gasteiger partial charge >= 0.3 is 0 Å². The Kier molecular flexibility index (Phi) is 9.24. The van der Waals surface area contributed by atoms with Crippen molar-refractivity contribution in [3.8, 4) is 0 Å². The number of aliphatic imine (C=N–C) groups is 1. The lowest BCUT2D eigenvalue weighted by Crippen LogP contribution is -2.41. The Balaban J connectivity index is 0.00000288. The Morgan fingerprint density at radius 1 is 1.38 bits per heavy atom. The van der Waals surface area contributed by atoms with E-state index >= 15 is 0 Å². The topological polar surface area (TPSA) is 80.2 Å². The van der Waals surface area contributed by atoms with Crippen LogP contribution in [0, 0.1) is 5.41 Å². The summed E-state index contributed by atoms with van der Waals surface area (Å²) in [5.41, 5.74) is 0.308. The van der Waals surface area contributed by atoms with Crippen LogP contribution in [0.3, 0.4) is 0 Å². The highest BCUT2D eigenvalue weighted by Crippen LogP contribution is 2.38. The van der Waals surface area contributed by atoms with Crippen molar-refractivity contribution in [1.82, 2.24) is 10.2 Å². The summed E-state index contributed by atoms with van der Waals surface area (Å²) in [6, 6.07) is 0. The minimum Gasteiger partial charge on any atom is -0.381 e. The lowest BCUT2D eigenvalue weighted by atomic mass is 9.87. The largest absolute Gasteiger partial charge is 0.381 e. The monoisotopic (exact) mass is 475 g/mol. The second-order valence-electron chi connectivity index (χ2n) is 6.45. The molecule has 0 saturated carbocycles. The quantitative estimate of drug-likeness (QED) is 0.253. The molecule has 2 aliphatic rings. The fourth-order valence-corrected chi connectivity index (χ4v) is 3.46. The molecule has 0 amide bonds. The number of sulfone groups is 1. The zero-order valence-corrected chi connectivity index (χ0v) is 17.8. The smallest absolute Gasteiger partial charge is 0.194 e. The Morgan fingerprint density at radius 2 is 2.17 bits per heavy atom. The summed E-state index contributed by atoms with van der Waals surface area (Å²) in [6.45, 7) is 7.81. The van der Waals surface area contributed by atoms with Gasteiger partial charge in [0.2, 0.25) is 0 Å².